The highest BCUT2D eigenvalue weighted by molar-refractivity contribution is 7.90. The van der Waals surface area contributed by atoms with Gasteiger partial charge in [-0.1, -0.05) is 23.5 Å². The molecule has 0 spiro atoms. The number of anilines is 2. The number of carbonyl (C=O) groups excluding carboxylic acids is 2. The zero-order valence-electron chi connectivity index (χ0n) is 18.6. The van der Waals surface area contributed by atoms with E-state index >= 15 is 0 Å². The van der Waals surface area contributed by atoms with Crippen LogP contribution in [0.1, 0.15) is 32.1 Å². The van der Waals surface area contributed by atoms with Crippen LogP contribution in [0.4, 0.5) is 10.8 Å². The quantitative estimate of drug-likeness (QED) is 0.419. The van der Waals surface area contributed by atoms with Gasteiger partial charge in [0.1, 0.15) is 5.51 Å². The Bertz CT molecular complexity index is 1470. The van der Waals surface area contributed by atoms with Crippen molar-refractivity contribution in [2.75, 3.05) is 16.9 Å². The van der Waals surface area contributed by atoms with Crippen LogP contribution in [0.5, 0.6) is 0 Å². The minimum atomic E-state index is -3.32. The van der Waals surface area contributed by atoms with Crippen molar-refractivity contribution in [3.8, 4) is 5.69 Å². The van der Waals surface area contributed by atoms with Crippen LogP contribution >= 0.6 is 11.3 Å². The standard InChI is InChI=1S/C23H21N5O4S2/c1-14-12-19(22(30)25-16-8-10-17(11-9-16)34(3,31)32)15(2)28(14)20-7-5-4-6-18(20)21(29)26-23-27-24-13-33-23/h4-13H,1-3H3,(H,25,30)(H,26,27,29). The van der Waals surface area contributed by atoms with Crippen LogP contribution in [0.15, 0.2) is 65.0 Å². The van der Waals surface area contributed by atoms with Crippen LogP contribution in [0, 0.1) is 13.8 Å². The molecule has 2 N–H and O–H groups in total. The molecule has 0 saturated carbocycles. The van der Waals surface area contributed by atoms with Crippen molar-refractivity contribution in [3.63, 3.8) is 0 Å². The number of rotatable bonds is 6. The summed E-state index contributed by atoms with van der Waals surface area (Å²) in [5.41, 5.74) is 4.90. The number of benzene rings is 2. The Morgan fingerprint density at radius 1 is 0.941 bits per heavy atom. The molecule has 4 rings (SSSR count). The van der Waals surface area contributed by atoms with E-state index in [-0.39, 0.29) is 16.7 Å². The fourth-order valence-electron chi connectivity index (χ4n) is 3.60. The van der Waals surface area contributed by atoms with Gasteiger partial charge in [-0.2, -0.15) is 0 Å². The molecular formula is C23H21N5O4S2. The maximum absolute atomic E-state index is 13.0. The molecule has 2 heterocycles. The predicted molar refractivity (Wildman–Crippen MR) is 131 cm³/mol. The van der Waals surface area contributed by atoms with Crippen molar-refractivity contribution in [1.82, 2.24) is 14.8 Å². The molecule has 4 aromatic rings. The highest BCUT2D eigenvalue weighted by Gasteiger charge is 2.21. The van der Waals surface area contributed by atoms with Gasteiger partial charge in [0.15, 0.2) is 9.84 Å². The molecule has 9 nitrogen and oxygen atoms in total. The van der Waals surface area contributed by atoms with Gasteiger partial charge in [0, 0.05) is 23.3 Å². The highest BCUT2D eigenvalue weighted by atomic mass is 32.2. The summed E-state index contributed by atoms with van der Waals surface area (Å²) in [6, 6.07) is 14.8. The fraction of sp³-hybridized carbons (Fsp3) is 0.130. The Balaban J connectivity index is 1.63. The molecule has 0 atom stereocenters. The third-order valence-electron chi connectivity index (χ3n) is 5.19. The molecule has 0 radical (unpaired) electrons. The summed E-state index contributed by atoms with van der Waals surface area (Å²) in [7, 11) is -3.32. The topological polar surface area (TPSA) is 123 Å². The lowest BCUT2D eigenvalue weighted by Gasteiger charge is -2.14. The largest absolute Gasteiger partial charge is 0.322 e. The minimum Gasteiger partial charge on any atom is -0.322 e. The second-order valence-corrected chi connectivity index (χ2v) is 10.4. The first-order chi connectivity index (χ1) is 16.1. The number of carbonyl (C=O) groups is 2. The van der Waals surface area contributed by atoms with Crippen LogP contribution in [-0.4, -0.2) is 41.3 Å². The lowest BCUT2D eigenvalue weighted by Crippen LogP contribution is -2.16. The maximum atomic E-state index is 13.0. The van der Waals surface area contributed by atoms with Crippen molar-refractivity contribution >= 4 is 43.8 Å². The minimum absolute atomic E-state index is 0.173. The first kappa shape index (κ1) is 23.3. The zero-order valence-corrected chi connectivity index (χ0v) is 20.2. The average Bonchev–Trinajstić information content (AvgIpc) is 3.40. The van der Waals surface area contributed by atoms with Crippen LogP contribution < -0.4 is 10.6 Å². The van der Waals surface area contributed by atoms with Gasteiger partial charge in [0.2, 0.25) is 5.13 Å². The number of aryl methyl sites for hydroxylation is 1. The number of nitrogens with one attached hydrogen (secondary N) is 2. The van der Waals surface area contributed by atoms with Gasteiger partial charge in [0.05, 0.1) is 21.7 Å². The van der Waals surface area contributed by atoms with Gasteiger partial charge in [-0.05, 0) is 56.3 Å². The third kappa shape index (κ3) is 4.75. The molecule has 2 aromatic heterocycles. The van der Waals surface area contributed by atoms with Crippen LogP contribution in [-0.2, 0) is 9.84 Å². The van der Waals surface area contributed by atoms with Crippen LogP contribution in [0.3, 0.4) is 0 Å². The van der Waals surface area contributed by atoms with E-state index in [1.165, 1.54) is 29.0 Å². The number of nitrogens with zero attached hydrogens (tertiary/aromatic N) is 3. The number of amides is 2. The number of para-hydroxylation sites is 1. The summed E-state index contributed by atoms with van der Waals surface area (Å²) in [6.45, 7) is 3.65. The molecule has 0 aliphatic carbocycles. The smallest absolute Gasteiger partial charge is 0.259 e. The SMILES string of the molecule is Cc1cc(C(=O)Nc2ccc(S(C)(=O)=O)cc2)c(C)n1-c1ccccc1C(=O)Nc1nncs1. The van der Waals surface area contributed by atoms with Gasteiger partial charge < -0.3 is 9.88 Å². The summed E-state index contributed by atoms with van der Waals surface area (Å²) in [5.74, 6) is -0.681. The Hall–Kier alpha value is -3.83. The zero-order chi connectivity index (χ0) is 24.5. The Morgan fingerprint density at radius 2 is 1.62 bits per heavy atom. The first-order valence-corrected chi connectivity index (χ1v) is 12.9. The Labute approximate surface area is 200 Å². The Morgan fingerprint density at radius 3 is 2.26 bits per heavy atom. The molecule has 0 aliphatic heterocycles. The molecule has 0 unspecified atom stereocenters. The second kappa shape index (κ2) is 9.20. The highest BCUT2D eigenvalue weighted by Crippen LogP contribution is 2.25. The van der Waals surface area contributed by atoms with E-state index in [0.29, 0.717) is 33.3 Å². The molecule has 34 heavy (non-hydrogen) atoms. The maximum Gasteiger partial charge on any atom is 0.259 e. The lowest BCUT2D eigenvalue weighted by molar-refractivity contribution is 0.101. The van der Waals surface area contributed by atoms with Gasteiger partial charge in [-0.3, -0.25) is 14.9 Å². The van der Waals surface area contributed by atoms with E-state index in [2.05, 4.69) is 20.8 Å². The predicted octanol–water partition coefficient (Wildman–Crippen LogP) is 3.85. The van der Waals surface area contributed by atoms with Crippen molar-refractivity contribution in [3.05, 3.63) is 82.6 Å². The summed E-state index contributed by atoms with van der Waals surface area (Å²) in [4.78, 5) is 26.1. The summed E-state index contributed by atoms with van der Waals surface area (Å²) < 4.78 is 25.1. The molecule has 2 amide bonds. The molecule has 0 saturated heterocycles. The van der Waals surface area contributed by atoms with E-state index in [0.717, 1.165) is 11.9 Å². The average molecular weight is 496 g/mol. The van der Waals surface area contributed by atoms with Crippen molar-refractivity contribution in [1.29, 1.82) is 0 Å². The normalized spacial score (nSPS) is 11.3. The van der Waals surface area contributed by atoms with Crippen molar-refractivity contribution < 1.29 is 18.0 Å². The number of aromatic nitrogens is 3. The van der Waals surface area contributed by atoms with E-state index in [1.807, 2.05) is 17.6 Å². The lowest BCUT2D eigenvalue weighted by atomic mass is 10.1. The second-order valence-electron chi connectivity index (χ2n) is 7.59. The molecule has 0 fully saturated rings. The summed E-state index contributed by atoms with van der Waals surface area (Å²) in [6.07, 6.45) is 1.13. The fourth-order valence-corrected chi connectivity index (χ4v) is 4.67. The van der Waals surface area contributed by atoms with Gasteiger partial charge in [0.25, 0.3) is 11.8 Å². The molecule has 0 bridgehead atoms. The first-order valence-electron chi connectivity index (χ1n) is 10.1. The monoisotopic (exact) mass is 495 g/mol. The number of sulfone groups is 1. The summed E-state index contributed by atoms with van der Waals surface area (Å²) >= 11 is 1.22. The molecule has 174 valence electrons. The van der Waals surface area contributed by atoms with Crippen molar-refractivity contribution in [2.45, 2.75) is 18.7 Å². The van der Waals surface area contributed by atoms with Crippen LogP contribution in [0.2, 0.25) is 0 Å². The van der Waals surface area contributed by atoms with Gasteiger partial charge >= 0.3 is 0 Å². The molecule has 0 aliphatic rings. The van der Waals surface area contributed by atoms with E-state index < -0.39 is 9.84 Å². The number of hydrogen-bond donors (Lipinski definition) is 2. The molecule has 11 heteroatoms. The van der Waals surface area contributed by atoms with E-state index in [4.69, 9.17) is 0 Å². The Kier molecular flexibility index (Phi) is 6.31. The van der Waals surface area contributed by atoms with Gasteiger partial charge in [-0.25, -0.2) is 8.42 Å². The van der Waals surface area contributed by atoms with E-state index in [1.54, 1.807) is 43.3 Å². The molecular weight excluding hydrogens is 474 g/mol. The van der Waals surface area contributed by atoms with Gasteiger partial charge in [-0.15, -0.1) is 10.2 Å². The molecule has 2 aromatic carbocycles. The van der Waals surface area contributed by atoms with Crippen molar-refractivity contribution in [2.24, 2.45) is 0 Å². The van der Waals surface area contributed by atoms with E-state index in [9.17, 15) is 18.0 Å². The number of hydrogen-bond acceptors (Lipinski definition) is 7. The third-order valence-corrected chi connectivity index (χ3v) is 6.92. The van der Waals surface area contributed by atoms with Crippen LogP contribution in [0.25, 0.3) is 5.69 Å². The summed E-state index contributed by atoms with van der Waals surface area (Å²) in [5, 5.41) is 13.5.